The smallest absolute Gasteiger partial charge is 0.257 e. The first-order chi connectivity index (χ1) is 26.9. The Labute approximate surface area is 325 Å². The molecule has 0 aromatic heterocycles. The Morgan fingerprint density at radius 3 is 2.04 bits per heavy atom. The minimum absolute atomic E-state index is 0.0787. The first kappa shape index (κ1) is 39.5. The summed E-state index contributed by atoms with van der Waals surface area (Å²) >= 11 is 6.07. The van der Waals surface area contributed by atoms with Crippen molar-refractivity contribution in [1.82, 2.24) is 10.2 Å². The summed E-state index contributed by atoms with van der Waals surface area (Å²) in [6.45, 7) is 1.60. The topological polar surface area (TPSA) is 91.3 Å². The number of carbonyl (C=O) groups is 1. The summed E-state index contributed by atoms with van der Waals surface area (Å²) in [6, 6.07) is 29.2. The van der Waals surface area contributed by atoms with Crippen LogP contribution in [0.1, 0.15) is 69.8 Å². The van der Waals surface area contributed by atoms with E-state index in [2.05, 4.69) is 10.2 Å². The molecule has 0 radical (unpaired) electrons. The van der Waals surface area contributed by atoms with Gasteiger partial charge in [0.05, 0.1) is 24.4 Å². The van der Waals surface area contributed by atoms with E-state index in [1.54, 1.807) is 36.4 Å². The van der Waals surface area contributed by atoms with Crippen molar-refractivity contribution in [2.45, 2.75) is 56.5 Å². The predicted octanol–water partition coefficient (Wildman–Crippen LogP) is 8.65. The molecule has 2 fully saturated rings. The number of rotatable bonds is 10. The van der Waals surface area contributed by atoms with Gasteiger partial charge >= 0.3 is 0 Å². The lowest BCUT2D eigenvalue weighted by atomic mass is 9.84. The first-order valence-corrected chi connectivity index (χ1v) is 18.5. The summed E-state index contributed by atoms with van der Waals surface area (Å²) in [5.74, 6) is -12.6. The fourth-order valence-electron chi connectivity index (χ4n) is 7.32. The van der Waals surface area contributed by atoms with Crippen LogP contribution in [0.4, 0.5) is 22.0 Å². The molecule has 1 amide bonds. The zero-order valence-corrected chi connectivity index (χ0v) is 30.7. The van der Waals surface area contributed by atoms with E-state index in [-0.39, 0.29) is 25.4 Å². The van der Waals surface area contributed by atoms with Crippen molar-refractivity contribution in [2.24, 2.45) is 0 Å². The van der Waals surface area contributed by atoms with Crippen molar-refractivity contribution in [1.29, 1.82) is 0 Å². The van der Waals surface area contributed by atoms with Crippen molar-refractivity contribution in [3.8, 4) is 11.1 Å². The van der Waals surface area contributed by atoms with Gasteiger partial charge in [-0.15, -0.1) is 0 Å². The highest BCUT2D eigenvalue weighted by Gasteiger charge is 2.38. The summed E-state index contributed by atoms with van der Waals surface area (Å²) in [7, 11) is 0. The van der Waals surface area contributed by atoms with Crippen molar-refractivity contribution < 1.29 is 46.4 Å². The Bertz CT molecular complexity index is 2150. The highest BCUT2D eigenvalue weighted by atomic mass is 35.5. The van der Waals surface area contributed by atoms with Crippen LogP contribution in [0, 0.1) is 29.1 Å². The number of ether oxygens (including phenoxy) is 2. The van der Waals surface area contributed by atoms with Gasteiger partial charge in [0.15, 0.2) is 29.6 Å². The molecule has 2 heterocycles. The minimum atomic E-state index is -2.34. The van der Waals surface area contributed by atoms with Gasteiger partial charge in [-0.05, 0) is 58.4 Å². The molecule has 292 valence electrons. The predicted molar refractivity (Wildman–Crippen MR) is 199 cm³/mol. The number of nitrogens with zero attached hydrogens (tertiary/aromatic N) is 1. The molecule has 7 rings (SSSR count). The summed E-state index contributed by atoms with van der Waals surface area (Å²) < 4.78 is 82.7. The standard InChI is InChI=1S/C43H38ClF5N2O5/c44-31-15-13-30(14-16-31)43(54)17-19-51(20-18-43)23-32-21-34(27-7-5-25(24-52)6-8-27)56-42(55-32)28-11-9-26(10-12-28)33-4-2-1-3-29(33)22-50-41(53)35-36(45)38(47)40(49)39(48)37(35)46/h1-16,32,34,42,52,54H,17-24H2,(H,50,53). The second-order valence-corrected chi connectivity index (χ2v) is 14.5. The molecule has 5 aromatic carbocycles. The van der Waals surface area contributed by atoms with E-state index in [0.29, 0.717) is 55.0 Å². The van der Waals surface area contributed by atoms with Crippen molar-refractivity contribution in [3.05, 3.63) is 165 Å². The Kier molecular flexibility index (Phi) is 11.9. The Hall–Kier alpha value is -4.69. The lowest BCUT2D eigenvalue weighted by Gasteiger charge is -2.42. The molecule has 13 heteroatoms. The lowest BCUT2D eigenvalue weighted by molar-refractivity contribution is -0.253. The van der Waals surface area contributed by atoms with Crippen LogP contribution in [-0.2, 0) is 28.2 Å². The molecule has 5 aromatic rings. The number of piperidine rings is 1. The van der Waals surface area contributed by atoms with Gasteiger partial charge in [-0.25, -0.2) is 22.0 Å². The first-order valence-electron chi connectivity index (χ1n) is 18.1. The number of nitrogens with one attached hydrogen (secondary N) is 1. The maximum absolute atomic E-state index is 14.3. The monoisotopic (exact) mass is 792 g/mol. The largest absolute Gasteiger partial charge is 0.392 e. The summed E-state index contributed by atoms with van der Waals surface area (Å²) in [6.07, 6.45) is 0.407. The van der Waals surface area contributed by atoms with Gasteiger partial charge < -0.3 is 29.9 Å². The van der Waals surface area contributed by atoms with Crippen molar-refractivity contribution in [3.63, 3.8) is 0 Å². The van der Waals surface area contributed by atoms with E-state index in [0.717, 1.165) is 27.8 Å². The van der Waals surface area contributed by atoms with Crippen LogP contribution in [0.15, 0.2) is 97.1 Å². The SMILES string of the molecule is O=C(NCc1ccccc1-c1ccc(C2OC(CN3CCC(O)(c4ccc(Cl)cc4)CC3)CC(c3ccc(CO)cc3)O2)cc1)c1c(F)c(F)c(F)c(F)c1F. The lowest BCUT2D eigenvalue weighted by Crippen LogP contribution is -2.46. The Morgan fingerprint density at radius 1 is 0.786 bits per heavy atom. The normalized spacial score (nSPS) is 19.8. The van der Waals surface area contributed by atoms with E-state index in [4.69, 9.17) is 21.1 Å². The average molecular weight is 793 g/mol. The molecule has 0 saturated carbocycles. The summed E-state index contributed by atoms with van der Waals surface area (Å²) in [5, 5.41) is 23.9. The van der Waals surface area contributed by atoms with Gasteiger partial charge in [0, 0.05) is 43.2 Å². The van der Waals surface area contributed by atoms with E-state index in [9.17, 15) is 37.0 Å². The molecule has 0 bridgehead atoms. The van der Waals surface area contributed by atoms with E-state index in [1.807, 2.05) is 60.7 Å². The quantitative estimate of drug-likeness (QED) is 0.0746. The number of benzene rings is 5. The molecule has 7 nitrogen and oxygen atoms in total. The third-order valence-corrected chi connectivity index (χ3v) is 10.8. The number of aliphatic hydroxyl groups is 2. The summed E-state index contributed by atoms with van der Waals surface area (Å²) in [5.41, 5.74) is 2.71. The molecule has 2 aliphatic heterocycles. The maximum Gasteiger partial charge on any atom is 0.257 e. The van der Waals surface area contributed by atoms with E-state index < -0.39 is 52.4 Å². The summed E-state index contributed by atoms with van der Waals surface area (Å²) in [4.78, 5) is 14.9. The third-order valence-electron chi connectivity index (χ3n) is 10.5. The zero-order valence-electron chi connectivity index (χ0n) is 30.0. The zero-order chi connectivity index (χ0) is 39.6. The van der Waals surface area contributed by atoms with Gasteiger partial charge in [-0.3, -0.25) is 4.79 Å². The molecule has 0 aliphatic carbocycles. The second-order valence-electron chi connectivity index (χ2n) is 14.1. The highest BCUT2D eigenvalue weighted by molar-refractivity contribution is 6.30. The van der Waals surface area contributed by atoms with Gasteiger partial charge in [-0.2, -0.15) is 0 Å². The molecule has 2 aliphatic rings. The van der Waals surface area contributed by atoms with E-state index in [1.165, 1.54) is 0 Å². The number of halogens is 6. The molecule has 3 unspecified atom stereocenters. The van der Waals surface area contributed by atoms with Crippen molar-refractivity contribution in [2.75, 3.05) is 19.6 Å². The number of likely N-dealkylation sites (tertiary alicyclic amines) is 1. The van der Waals surface area contributed by atoms with Gasteiger partial charge in [-0.1, -0.05) is 96.5 Å². The van der Waals surface area contributed by atoms with Crippen LogP contribution in [-0.4, -0.2) is 46.8 Å². The van der Waals surface area contributed by atoms with Crippen LogP contribution >= 0.6 is 11.6 Å². The number of carbonyl (C=O) groups excluding carboxylic acids is 1. The molecule has 2 saturated heterocycles. The molecule has 3 N–H and O–H groups in total. The molecular formula is C43H38ClF5N2O5. The molecule has 56 heavy (non-hydrogen) atoms. The van der Waals surface area contributed by atoms with Gasteiger partial charge in [0.1, 0.15) is 5.56 Å². The fraction of sp³-hybridized carbons (Fsp3) is 0.279. The molecule has 3 atom stereocenters. The number of amides is 1. The fourth-order valence-corrected chi connectivity index (χ4v) is 7.45. The molecule has 0 spiro atoms. The Balaban J connectivity index is 1.06. The maximum atomic E-state index is 14.3. The van der Waals surface area contributed by atoms with Crippen LogP contribution < -0.4 is 5.32 Å². The van der Waals surface area contributed by atoms with Crippen LogP contribution in [0.5, 0.6) is 0 Å². The molecular weight excluding hydrogens is 755 g/mol. The number of hydrogen-bond acceptors (Lipinski definition) is 6. The minimum Gasteiger partial charge on any atom is -0.392 e. The van der Waals surface area contributed by atoms with Crippen molar-refractivity contribution >= 4 is 17.5 Å². The highest BCUT2D eigenvalue weighted by Crippen LogP contribution is 2.40. The second kappa shape index (κ2) is 16.8. The third kappa shape index (κ3) is 8.36. The van der Waals surface area contributed by atoms with E-state index >= 15 is 0 Å². The van der Waals surface area contributed by atoms with Gasteiger partial charge in [0.25, 0.3) is 5.91 Å². The van der Waals surface area contributed by atoms with Crippen LogP contribution in [0.2, 0.25) is 5.02 Å². The number of aliphatic hydroxyl groups excluding tert-OH is 1. The van der Waals surface area contributed by atoms with Crippen LogP contribution in [0.3, 0.4) is 0 Å². The average Bonchev–Trinajstić information content (AvgIpc) is 3.22. The Morgan fingerprint density at radius 2 is 1.39 bits per heavy atom. The van der Waals surface area contributed by atoms with Crippen LogP contribution in [0.25, 0.3) is 11.1 Å². The number of hydrogen-bond donors (Lipinski definition) is 3. The van der Waals surface area contributed by atoms with Gasteiger partial charge in [0.2, 0.25) is 5.82 Å².